The molecular formula is C19H23NO. The Morgan fingerprint density at radius 2 is 1.81 bits per heavy atom. The average molecular weight is 281 g/mol. The molecule has 2 heteroatoms. The van der Waals surface area contributed by atoms with Crippen molar-refractivity contribution < 1.29 is 4.74 Å². The fourth-order valence-electron chi connectivity index (χ4n) is 2.93. The van der Waals surface area contributed by atoms with Crippen molar-refractivity contribution in [1.29, 1.82) is 0 Å². The van der Waals surface area contributed by atoms with Crippen LogP contribution in [0.4, 0.5) is 5.69 Å². The zero-order chi connectivity index (χ0) is 14.5. The van der Waals surface area contributed by atoms with Gasteiger partial charge in [-0.1, -0.05) is 24.3 Å². The quantitative estimate of drug-likeness (QED) is 0.822. The SMILES string of the molecule is Cc1ccccc1NCCOc1ccc2c(c1)CCCC2. The molecule has 0 radical (unpaired) electrons. The lowest BCUT2D eigenvalue weighted by Crippen LogP contribution is -2.12. The van der Waals surface area contributed by atoms with Gasteiger partial charge in [-0.3, -0.25) is 0 Å². The van der Waals surface area contributed by atoms with Gasteiger partial charge in [0, 0.05) is 12.2 Å². The van der Waals surface area contributed by atoms with E-state index in [2.05, 4.69) is 54.7 Å². The molecule has 0 fully saturated rings. The summed E-state index contributed by atoms with van der Waals surface area (Å²) in [6.45, 7) is 3.63. The van der Waals surface area contributed by atoms with Gasteiger partial charge in [-0.2, -0.15) is 0 Å². The largest absolute Gasteiger partial charge is 0.492 e. The van der Waals surface area contributed by atoms with Crippen molar-refractivity contribution in [2.45, 2.75) is 32.6 Å². The molecule has 0 saturated heterocycles. The maximum absolute atomic E-state index is 5.87. The molecule has 2 nitrogen and oxygen atoms in total. The summed E-state index contributed by atoms with van der Waals surface area (Å²) in [5.41, 5.74) is 5.44. The lowest BCUT2D eigenvalue weighted by atomic mass is 9.92. The third-order valence-electron chi connectivity index (χ3n) is 4.15. The van der Waals surface area contributed by atoms with Crippen molar-refractivity contribution in [2.75, 3.05) is 18.5 Å². The van der Waals surface area contributed by atoms with Gasteiger partial charge in [-0.25, -0.2) is 0 Å². The van der Waals surface area contributed by atoms with Crippen LogP contribution in [-0.2, 0) is 12.8 Å². The van der Waals surface area contributed by atoms with Gasteiger partial charge >= 0.3 is 0 Å². The number of benzene rings is 2. The first-order chi connectivity index (χ1) is 10.3. The molecule has 0 unspecified atom stereocenters. The van der Waals surface area contributed by atoms with E-state index in [1.54, 1.807) is 0 Å². The molecule has 0 atom stereocenters. The van der Waals surface area contributed by atoms with Gasteiger partial charge in [-0.05, 0) is 67.5 Å². The molecule has 21 heavy (non-hydrogen) atoms. The Morgan fingerprint density at radius 3 is 2.67 bits per heavy atom. The highest BCUT2D eigenvalue weighted by Crippen LogP contribution is 2.25. The molecule has 0 aromatic heterocycles. The molecule has 0 heterocycles. The van der Waals surface area contributed by atoms with Crippen molar-refractivity contribution in [2.24, 2.45) is 0 Å². The van der Waals surface area contributed by atoms with Gasteiger partial charge < -0.3 is 10.1 Å². The van der Waals surface area contributed by atoms with Crippen LogP contribution in [0.1, 0.15) is 29.5 Å². The van der Waals surface area contributed by atoms with Crippen LogP contribution in [0.2, 0.25) is 0 Å². The summed E-state index contributed by atoms with van der Waals surface area (Å²) in [5, 5.41) is 3.42. The topological polar surface area (TPSA) is 21.3 Å². The molecule has 1 N–H and O–H groups in total. The van der Waals surface area contributed by atoms with E-state index in [0.717, 1.165) is 12.3 Å². The average Bonchev–Trinajstić information content (AvgIpc) is 2.53. The van der Waals surface area contributed by atoms with E-state index in [4.69, 9.17) is 4.74 Å². The summed E-state index contributed by atoms with van der Waals surface area (Å²) in [6.07, 6.45) is 5.07. The Hall–Kier alpha value is -1.96. The normalized spacial score (nSPS) is 13.6. The highest BCUT2D eigenvalue weighted by atomic mass is 16.5. The summed E-state index contributed by atoms with van der Waals surface area (Å²) in [4.78, 5) is 0. The minimum absolute atomic E-state index is 0.688. The second-order valence-electron chi connectivity index (χ2n) is 5.73. The maximum atomic E-state index is 5.87. The smallest absolute Gasteiger partial charge is 0.119 e. The summed E-state index contributed by atoms with van der Waals surface area (Å²) < 4.78 is 5.87. The Morgan fingerprint density at radius 1 is 1.00 bits per heavy atom. The Bertz CT molecular complexity index is 606. The third kappa shape index (κ3) is 3.57. The fraction of sp³-hybridized carbons (Fsp3) is 0.368. The van der Waals surface area contributed by atoms with Gasteiger partial charge in [0.2, 0.25) is 0 Å². The predicted octanol–water partition coefficient (Wildman–Crippen LogP) is 4.36. The lowest BCUT2D eigenvalue weighted by molar-refractivity contribution is 0.332. The summed E-state index contributed by atoms with van der Waals surface area (Å²) in [5.74, 6) is 1.00. The number of nitrogens with one attached hydrogen (secondary N) is 1. The predicted molar refractivity (Wildman–Crippen MR) is 88.2 cm³/mol. The number of para-hydroxylation sites is 1. The monoisotopic (exact) mass is 281 g/mol. The zero-order valence-electron chi connectivity index (χ0n) is 12.7. The van der Waals surface area contributed by atoms with Gasteiger partial charge in [-0.15, -0.1) is 0 Å². The van der Waals surface area contributed by atoms with Crippen molar-refractivity contribution in [1.82, 2.24) is 0 Å². The first kappa shape index (κ1) is 14.0. The molecular weight excluding hydrogens is 258 g/mol. The maximum Gasteiger partial charge on any atom is 0.119 e. The van der Waals surface area contributed by atoms with Crippen LogP contribution in [-0.4, -0.2) is 13.2 Å². The summed E-state index contributed by atoms with van der Waals surface area (Å²) >= 11 is 0. The van der Waals surface area contributed by atoms with E-state index in [0.29, 0.717) is 6.61 Å². The standard InChI is InChI=1S/C19H23NO/c1-15-6-2-5-9-19(15)20-12-13-21-18-11-10-16-7-3-4-8-17(16)14-18/h2,5-6,9-11,14,20H,3-4,7-8,12-13H2,1H3. The van der Waals surface area contributed by atoms with Gasteiger partial charge in [0.1, 0.15) is 12.4 Å². The first-order valence-electron chi connectivity index (χ1n) is 7.87. The molecule has 0 amide bonds. The van der Waals surface area contributed by atoms with Crippen LogP contribution < -0.4 is 10.1 Å². The van der Waals surface area contributed by atoms with E-state index >= 15 is 0 Å². The Kier molecular flexibility index (Phi) is 4.44. The summed E-state index contributed by atoms with van der Waals surface area (Å²) in [6, 6.07) is 14.9. The minimum Gasteiger partial charge on any atom is -0.492 e. The number of hydrogen-bond donors (Lipinski definition) is 1. The van der Waals surface area contributed by atoms with Crippen LogP contribution in [0.5, 0.6) is 5.75 Å². The molecule has 0 bridgehead atoms. The van der Waals surface area contributed by atoms with Gasteiger partial charge in [0.05, 0.1) is 0 Å². The Labute approximate surface area is 127 Å². The van der Waals surface area contributed by atoms with Crippen molar-refractivity contribution in [3.8, 4) is 5.75 Å². The second kappa shape index (κ2) is 6.66. The van der Waals surface area contributed by atoms with Gasteiger partial charge in [0.25, 0.3) is 0 Å². The van der Waals surface area contributed by atoms with Crippen LogP contribution >= 0.6 is 0 Å². The van der Waals surface area contributed by atoms with E-state index in [1.807, 2.05) is 0 Å². The zero-order valence-corrected chi connectivity index (χ0v) is 12.7. The molecule has 0 saturated carbocycles. The van der Waals surface area contributed by atoms with E-state index in [9.17, 15) is 0 Å². The molecule has 0 aliphatic heterocycles. The molecule has 2 aromatic rings. The molecule has 2 aromatic carbocycles. The number of hydrogen-bond acceptors (Lipinski definition) is 2. The Balaban J connectivity index is 1.50. The lowest BCUT2D eigenvalue weighted by Gasteiger charge is -2.17. The van der Waals surface area contributed by atoms with Gasteiger partial charge in [0.15, 0.2) is 0 Å². The number of fused-ring (bicyclic) bond motifs is 1. The third-order valence-corrected chi connectivity index (χ3v) is 4.15. The van der Waals surface area contributed by atoms with E-state index in [-0.39, 0.29) is 0 Å². The van der Waals surface area contributed by atoms with Crippen LogP contribution in [0.15, 0.2) is 42.5 Å². The number of aryl methyl sites for hydroxylation is 3. The molecule has 1 aliphatic rings. The van der Waals surface area contributed by atoms with Crippen LogP contribution in [0.3, 0.4) is 0 Å². The number of ether oxygens (including phenoxy) is 1. The first-order valence-corrected chi connectivity index (χ1v) is 7.87. The van der Waals surface area contributed by atoms with Crippen molar-refractivity contribution in [3.63, 3.8) is 0 Å². The minimum atomic E-state index is 0.688. The van der Waals surface area contributed by atoms with Crippen molar-refractivity contribution in [3.05, 3.63) is 59.2 Å². The highest BCUT2D eigenvalue weighted by Gasteiger charge is 2.09. The van der Waals surface area contributed by atoms with E-state index < -0.39 is 0 Å². The molecule has 0 spiro atoms. The molecule has 1 aliphatic carbocycles. The number of rotatable bonds is 5. The fourth-order valence-corrected chi connectivity index (χ4v) is 2.93. The summed E-state index contributed by atoms with van der Waals surface area (Å²) in [7, 11) is 0. The second-order valence-corrected chi connectivity index (χ2v) is 5.73. The van der Waals surface area contributed by atoms with E-state index in [1.165, 1.54) is 48.1 Å². The molecule has 110 valence electrons. The molecule has 3 rings (SSSR count). The highest BCUT2D eigenvalue weighted by molar-refractivity contribution is 5.50. The van der Waals surface area contributed by atoms with Crippen LogP contribution in [0.25, 0.3) is 0 Å². The van der Waals surface area contributed by atoms with Crippen molar-refractivity contribution >= 4 is 5.69 Å². The number of anilines is 1. The van der Waals surface area contributed by atoms with Crippen LogP contribution in [0, 0.1) is 6.92 Å².